The molecule has 1 fully saturated rings. The van der Waals surface area contributed by atoms with Crippen LogP contribution in [-0.2, 0) is 14.3 Å². The van der Waals surface area contributed by atoms with Crippen molar-refractivity contribution in [2.24, 2.45) is 5.92 Å². The van der Waals surface area contributed by atoms with Crippen LogP contribution in [0.4, 0.5) is 0 Å². The quantitative estimate of drug-likeness (QED) is 0.709. The Kier molecular flexibility index (Phi) is 5.44. The van der Waals surface area contributed by atoms with Crippen LogP contribution in [0.1, 0.15) is 59.8 Å². The van der Waals surface area contributed by atoms with Gasteiger partial charge in [0, 0.05) is 0 Å². The average molecular weight is 242 g/mol. The van der Waals surface area contributed by atoms with Crippen molar-refractivity contribution < 1.29 is 14.3 Å². The van der Waals surface area contributed by atoms with Gasteiger partial charge in [-0.3, -0.25) is 4.79 Å². The lowest BCUT2D eigenvalue weighted by atomic mass is 9.89. The molecule has 1 saturated carbocycles. The van der Waals surface area contributed by atoms with Gasteiger partial charge in [-0.1, -0.05) is 19.8 Å². The van der Waals surface area contributed by atoms with Crippen LogP contribution in [0.15, 0.2) is 0 Å². The molecule has 1 rings (SSSR count). The van der Waals surface area contributed by atoms with Crippen molar-refractivity contribution in [3.63, 3.8) is 0 Å². The summed E-state index contributed by atoms with van der Waals surface area (Å²) in [4.78, 5) is 11.5. The SMILES string of the molecule is CC1CCCC(OCCC(=O)OC(C)(C)C)C1. The molecule has 0 radical (unpaired) electrons. The Morgan fingerprint density at radius 3 is 2.59 bits per heavy atom. The molecule has 2 unspecified atom stereocenters. The first kappa shape index (κ1) is 14.5. The van der Waals surface area contributed by atoms with E-state index in [2.05, 4.69) is 6.92 Å². The summed E-state index contributed by atoms with van der Waals surface area (Å²) in [6.45, 7) is 8.41. The van der Waals surface area contributed by atoms with Gasteiger partial charge in [0.2, 0.25) is 0 Å². The Labute approximate surface area is 105 Å². The summed E-state index contributed by atoms with van der Waals surface area (Å²) in [5.74, 6) is 0.594. The van der Waals surface area contributed by atoms with Crippen molar-refractivity contribution in [2.45, 2.75) is 71.5 Å². The highest BCUT2D eigenvalue weighted by Gasteiger charge is 2.20. The van der Waals surface area contributed by atoms with Crippen molar-refractivity contribution in [2.75, 3.05) is 6.61 Å². The van der Waals surface area contributed by atoms with E-state index in [-0.39, 0.29) is 5.97 Å². The van der Waals surface area contributed by atoms with Gasteiger partial charge in [0.15, 0.2) is 0 Å². The van der Waals surface area contributed by atoms with E-state index in [4.69, 9.17) is 9.47 Å². The molecule has 17 heavy (non-hydrogen) atoms. The third-order valence-electron chi connectivity index (χ3n) is 2.97. The number of esters is 1. The largest absolute Gasteiger partial charge is 0.460 e. The highest BCUT2D eigenvalue weighted by Crippen LogP contribution is 2.25. The monoisotopic (exact) mass is 242 g/mol. The molecule has 0 heterocycles. The molecule has 0 aromatic heterocycles. The maximum absolute atomic E-state index is 11.5. The molecule has 1 aliphatic rings. The summed E-state index contributed by atoms with van der Waals surface area (Å²) < 4.78 is 11.0. The van der Waals surface area contributed by atoms with E-state index in [1.54, 1.807) is 0 Å². The van der Waals surface area contributed by atoms with Gasteiger partial charge in [-0.2, -0.15) is 0 Å². The number of rotatable bonds is 4. The Morgan fingerprint density at radius 1 is 1.29 bits per heavy atom. The minimum Gasteiger partial charge on any atom is -0.460 e. The Morgan fingerprint density at radius 2 is 2.00 bits per heavy atom. The maximum Gasteiger partial charge on any atom is 0.308 e. The molecule has 100 valence electrons. The van der Waals surface area contributed by atoms with Gasteiger partial charge >= 0.3 is 5.97 Å². The third-order valence-corrected chi connectivity index (χ3v) is 2.97. The number of hydrogen-bond donors (Lipinski definition) is 0. The van der Waals surface area contributed by atoms with Gasteiger partial charge in [-0.15, -0.1) is 0 Å². The molecule has 1 aliphatic carbocycles. The summed E-state index contributed by atoms with van der Waals surface area (Å²) in [6, 6.07) is 0. The van der Waals surface area contributed by atoms with Gasteiger partial charge < -0.3 is 9.47 Å². The van der Waals surface area contributed by atoms with Crippen molar-refractivity contribution in [1.82, 2.24) is 0 Å². The summed E-state index contributed by atoms with van der Waals surface area (Å²) in [7, 11) is 0. The standard InChI is InChI=1S/C14H26O3/c1-11-6-5-7-12(10-11)16-9-8-13(15)17-14(2,3)4/h11-12H,5-10H2,1-4H3. The van der Waals surface area contributed by atoms with Gasteiger partial charge in [0.05, 0.1) is 19.1 Å². The van der Waals surface area contributed by atoms with Gasteiger partial charge in [0.1, 0.15) is 5.60 Å². The number of carbonyl (C=O) groups is 1. The van der Waals surface area contributed by atoms with E-state index in [1.807, 2.05) is 20.8 Å². The average Bonchev–Trinajstić information content (AvgIpc) is 2.14. The lowest BCUT2D eigenvalue weighted by Crippen LogP contribution is -2.26. The predicted molar refractivity (Wildman–Crippen MR) is 67.8 cm³/mol. The third kappa shape index (κ3) is 6.67. The second-order valence-corrected chi connectivity index (χ2v) is 6.10. The van der Waals surface area contributed by atoms with Gasteiger partial charge in [0.25, 0.3) is 0 Å². The Bertz CT molecular complexity index is 242. The molecule has 0 amide bonds. The summed E-state index contributed by atoms with van der Waals surface area (Å²) in [6.07, 6.45) is 5.54. The predicted octanol–water partition coefficient (Wildman–Crippen LogP) is 3.31. The van der Waals surface area contributed by atoms with Crippen LogP contribution in [-0.4, -0.2) is 24.3 Å². The number of carbonyl (C=O) groups excluding carboxylic acids is 1. The fourth-order valence-corrected chi connectivity index (χ4v) is 2.23. The second kappa shape index (κ2) is 6.39. The normalized spacial score (nSPS) is 25.6. The number of ether oxygens (including phenoxy) is 2. The van der Waals surface area contributed by atoms with Crippen molar-refractivity contribution in [3.05, 3.63) is 0 Å². The molecule has 2 atom stereocenters. The molecule has 3 heteroatoms. The van der Waals surface area contributed by atoms with E-state index in [9.17, 15) is 4.79 Å². The Hall–Kier alpha value is -0.570. The second-order valence-electron chi connectivity index (χ2n) is 6.10. The highest BCUT2D eigenvalue weighted by atomic mass is 16.6. The van der Waals surface area contributed by atoms with Crippen LogP contribution >= 0.6 is 0 Å². The molecule has 0 N–H and O–H groups in total. The molecule has 0 aliphatic heterocycles. The summed E-state index contributed by atoms with van der Waals surface area (Å²) in [5, 5.41) is 0. The maximum atomic E-state index is 11.5. The highest BCUT2D eigenvalue weighted by molar-refractivity contribution is 5.69. The summed E-state index contributed by atoms with van der Waals surface area (Å²) in [5.41, 5.74) is -0.392. The van der Waals surface area contributed by atoms with Crippen molar-refractivity contribution in [3.8, 4) is 0 Å². The fourth-order valence-electron chi connectivity index (χ4n) is 2.23. The first-order valence-corrected chi connectivity index (χ1v) is 6.70. The van der Waals surface area contributed by atoms with E-state index < -0.39 is 5.60 Å². The molecule has 0 bridgehead atoms. The molecular weight excluding hydrogens is 216 g/mol. The minimum atomic E-state index is -0.392. The zero-order chi connectivity index (χ0) is 12.9. The van der Waals surface area contributed by atoms with E-state index in [0.717, 1.165) is 18.8 Å². The Balaban J connectivity index is 2.13. The molecule has 0 spiro atoms. The van der Waals surface area contributed by atoms with E-state index in [1.165, 1.54) is 12.8 Å². The molecule has 0 aromatic carbocycles. The van der Waals surface area contributed by atoms with Crippen LogP contribution in [0.3, 0.4) is 0 Å². The van der Waals surface area contributed by atoms with Crippen molar-refractivity contribution >= 4 is 5.97 Å². The smallest absolute Gasteiger partial charge is 0.308 e. The van der Waals surface area contributed by atoms with E-state index in [0.29, 0.717) is 19.1 Å². The minimum absolute atomic E-state index is 0.165. The number of hydrogen-bond acceptors (Lipinski definition) is 3. The molecular formula is C14H26O3. The zero-order valence-electron chi connectivity index (χ0n) is 11.6. The van der Waals surface area contributed by atoms with Gasteiger partial charge in [-0.25, -0.2) is 0 Å². The zero-order valence-corrected chi connectivity index (χ0v) is 11.6. The van der Waals surface area contributed by atoms with Crippen LogP contribution in [0.5, 0.6) is 0 Å². The van der Waals surface area contributed by atoms with Crippen LogP contribution < -0.4 is 0 Å². The lowest BCUT2D eigenvalue weighted by Gasteiger charge is -2.27. The molecule has 3 nitrogen and oxygen atoms in total. The van der Waals surface area contributed by atoms with Gasteiger partial charge in [-0.05, 0) is 39.5 Å². The topological polar surface area (TPSA) is 35.5 Å². The lowest BCUT2D eigenvalue weighted by molar-refractivity contribution is -0.156. The first-order chi connectivity index (χ1) is 7.87. The van der Waals surface area contributed by atoms with E-state index >= 15 is 0 Å². The van der Waals surface area contributed by atoms with Crippen LogP contribution in [0.25, 0.3) is 0 Å². The molecule has 0 aromatic rings. The van der Waals surface area contributed by atoms with Crippen LogP contribution in [0, 0.1) is 5.92 Å². The molecule has 0 saturated heterocycles. The van der Waals surface area contributed by atoms with Crippen LogP contribution in [0.2, 0.25) is 0 Å². The summed E-state index contributed by atoms with van der Waals surface area (Å²) >= 11 is 0. The fraction of sp³-hybridized carbons (Fsp3) is 0.929. The first-order valence-electron chi connectivity index (χ1n) is 6.70. The van der Waals surface area contributed by atoms with Crippen molar-refractivity contribution in [1.29, 1.82) is 0 Å².